The first-order chi connectivity index (χ1) is 10.0. The Bertz CT molecular complexity index is 645. The van der Waals surface area contributed by atoms with Crippen LogP contribution < -0.4 is 5.73 Å². The molecule has 2 aromatic rings. The van der Waals surface area contributed by atoms with Crippen LogP contribution in [0.15, 0.2) is 11.4 Å². The highest BCUT2D eigenvalue weighted by atomic mass is 32.2. The van der Waals surface area contributed by atoms with E-state index in [-0.39, 0.29) is 23.2 Å². The Hall–Kier alpha value is -2.23. The van der Waals surface area contributed by atoms with E-state index >= 15 is 0 Å². The summed E-state index contributed by atoms with van der Waals surface area (Å²) < 4.78 is 6.45. The van der Waals surface area contributed by atoms with Gasteiger partial charge in [0.1, 0.15) is 11.4 Å². The number of thioether (sulfide) groups is 1. The Morgan fingerprint density at radius 3 is 2.90 bits per heavy atom. The zero-order chi connectivity index (χ0) is 15.4. The minimum absolute atomic E-state index is 0.0576. The standard InChI is InChI=1S/C11H15N7O2S/c1-4-20-10(19)7-5-13-11(14-8(7)12)21-6(2)9-15-16-17-18(9)3/h5-6H,4H2,1-3H3,(H2,12,13,14)/t6-/m0/s1. The van der Waals surface area contributed by atoms with Crippen LogP contribution in [0.5, 0.6) is 0 Å². The molecule has 21 heavy (non-hydrogen) atoms. The van der Waals surface area contributed by atoms with E-state index in [2.05, 4.69) is 25.5 Å². The molecule has 0 bridgehead atoms. The van der Waals surface area contributed by atoms with Gasteiger partial charge in [0.2, 0.25) is 0 Å². The molecule has 0 radical (unpaired) electrons. The molecule has 0 unspecified atom stereocenters. The molecule has 0 spiro atoms. The molecule has 10 heteroatoms. The Balaban J connectivity index is 2.13. The number of esters is 1. The van der Waals surface area contributed by atoms with Crippen molar-refractivity contribution in [3.05, 3.63) is 17.6 Å². The lowest BCUT2D eigenvalue weighted by Crippen LogP contribution is -2.11. The number of hydrogen-bond donors (Lipinski definition) is 1. The van der Waals surface area contributed by atoms with Gasteiger partial charge < -0.3 is 10.5 Å². The lowest BCUT2D eigenvalue weighted by molar-refractivity contribution is 0.0526. The fourth-order valence-electron chi connectivity index (χ4n) is 1.59. The van der Waals surface area contributed by atoms with E-state index in [0.29, 0.717) is 11.0 Å². The second-order valence-electron chi connectivity index (χ2n) is 4.09. The van der Waals surface area contributed by atoms with Crippen molar-refractivity contribution in [2.45, 2.75) is 24.3 Å². The number of hydrogen-bond acceptors (Lipinski definition) is 9. The summed E-state index contributed by atoms with van der Waals surface area (Å²) >= 11 is 1.35. The van der Waals surface area contributed by atoms with E-state index in [0.717, 1.165) is 0 Å². The van der Waals surface area contributed by atoms with Crippen LogP contribution in [0.2, 0.25) is 0 Å². The van der Waals surface area contributed by atoms with Crippen LogP contribution in [0, 0.1) is 0 Å². The van der Waals surface area contributed by atoms with Crippen LogP contribution >= 0.6 is 11.8 Å². The van der Waals surface area contributed by atoms with Crippen molar-refractivity contribution < 1.29 is 9.53 Å². The summed E-state index contributed by atoms with van der Waals surface area (Å²) in [4.78, 5) is 19.8. The summed E-state index contributed by atoms with van der Waals surface area (Å²) in [5, 5.41) is 11.7. The number of nitrogens with two attached hydrogens (primary N) is 1. The molecule has 0 aliphatic heterocycles. The molecule has 0 saturated heterocycles. The van der Waals surface area contributed by atoms with Crippen molar-refractivity contribution in [2.75, 3.05) is 12.3 Å². The van der Waals surface area contributed by atoms with Crippen LogP contribution in [0.1, 0.15) is 35.3 Å². The van der Waals surface area contributed by atoms with E-state index in [1.807, 2.05) is 6.92 Å². The van der Waals surface area contributed by atoms with Crippen molar-refractivity contribution in [1.29, 1.82) is 0 Å². The van der Waals surface area contributed by atoms with Crippen molar-refractivity contribution in [1.82, 2.24) is 30.2 Å². The number of nitrogens with zero attached hydrogens (tertiary/aromatic N) is 6. The second kappa shape index (κ2) is 6.48. The molecule has 0 aromatic carbocycles. The van der Waals surface area contributed by atoms with Gasteiger partial charge >= 0.3 is 5.97 Å². The number of aromatic nitrogens is 6. The predicted octanol–water partition coefficient (Wildman–Crippen LogP) is 0.612. The number of carbonyl (C=O) groups is 1. The van der Waals surface area contributed by atoms with E-state index in [4.69, 9.17) is 10.5 Å². The van der Waals surface area contributed by atoms with Gasteiger partial charge in [-0.15, -0.1) is 5.10 Å². The maximum atomic E-state index is 11.6. The zero-order valence-electron chi connectivity index (χ0n) is 11.8. The number of tetrazole rings is 1. The Labute approximate surface area is 125 Å². The quantitative estimate of drug-likeness (QED) is 0.481. The zero-order valence-corrected chi connectivity index (χ0v) is 12.7. The first-order valence-corrected chi connectivity index (χ1v) is 7.09. The third-order valence-electron chi connectivity index (χ3n) is 2.59. The summed E-state index contributed by atoms with van der Waals surface area (Å²) in [6.45, 7) is 3.91. The number of ether oxygens (including phenoxy) is 1. The van der Waals surface area contributed by atoms with Gasteiger partial charge in [-0.2, -0.15) is 0 Å². The second-order valence-corrected chi connectivity index (χ2v) is 5.40. The minimum atomic E-state index is -0.530. The summed E-state index contributed by atoms with van der Waals surface area (Å²) in [5.41, 5.74) is 5.93. The Morgan fingerprint density at radius 1 is 1.57 bits per heavy atom. The summed E-state index contributed by atoms with van der Waals surface area (Å²) in [6, 6.07) is 0. The first kappa shape index (κ1) is 15.2. The van der Waals surface area contributed by atoms with Gasteiger partial charge in [-0.05, 0) is 24.3 Å². The monoisotopic (exact) mass is 309 g/mol. The molecule has 1 atom stereocenters. The van der Waals surface area contributed by atoms with E-state index in [9.17, 15) is 4.79 Å². The largest absolute Gasteiger partial charge is 0.462 e. The van der Waals surface area contributed by atoms with Crippen LogP contribution in [0.25, 0.3) is 0 Å². The van der Waals surface area contributed by atoms with Crippen LogP contribution in [0.4, 0.5) is 5.82 Å². The lowest BCUT2D eigenvalue weighted by Gasteiger charge is -2.09. The first-order valence-electron chi connectivity index (χ1n) is 6.21. The minimum Gasteiger partial charge on any atom is -0.462 e. The van der Waals surface area contributed by atoms with Crippen LogP contribution in [0.3, 0.4) is 0 Å². The van der Waals surface area contributed by atoms with Gasteiger partial charge in [-0.25, -0.2) is 19.4 Å². The SMILES string of the molecule is CCOC(=O)c1cnc(S[C@@H](C)c2nnnn2C)nc1N. The van der Waals surface area contributed by atoms with Crippen LogP contribution in [-0.2, 0) is 11.8 Å². The molecular formula is C11H15N7O2S. The summed E-state index contributed by atoms with van der Waals surface area (Å²) in [5.74, 6) is 0.253. The van der Waals surface area contributed by atoms with Gasteiger partial charge in [-0.3, -0.25) is 0 Å². The molecule has 9 nitrogen and oxygen atoms in total. The highest BCUT2D eigenvalue weighted by Crippen LogP contribution is 2.31. The molecule has 112 valence electrons. The van der Waals surface area contributed by atoms with E-state index in [1.165, 1.54) is 18.0 Å². The van der Waals surface area contributed by atoms with Crippen LogP contribution in [-0.4, -0.2) is 42.8 Å². The van der Waals surface area contributed by atoms with Crippen molar-refractivity contribution in [3.8, 4) is 0 Å². The number of nitrogen functional groups attached to an aromatic ring is 1. The number of aryl methyl sites for hydroxylation is 1. The average molecular weight is 309 g/mol. The average Bonchev–Trinajstić information content (AvgIpc) is 2.85. The van der Waals surface area contributed by atoms with Gasteiger partial charge in [0.25, 0.3) is 0 Å². The topological polar surface area (TPSA) is 122 Å². The molecular weight excluding hydrogens is 294 g/mol. The number of carbonyl (C=O) groups excluding carboxylic acids is 1. The normalized spacial score (nSPS) is 12.1. The Kier molecular flexibility index (Phi) is 4.68. The van der Waals surface area contributed by atoms with Crippen molar-refractivity contribution >= 4 is 23.5 Å². The van der Waals surface area contributed by atoms with Gasteiger partial charge in [0, 0.05) is 13.2 Å². The van der Waals surface area contributed by atoms with Crippen molar-refractivity contribution in [2.24, 2.45) is 7.05 Å². The molecule has 0 aliphatic carbocycles. The fourth-order valence-corrected chi connectivity index (χ4v) is 2.48. The van der Waals surface area contributed by atoms with E-state index < -0.39 is 5.97 Å². The third kappa shape index (κ3) is 3.45. The molecule has 0 fully saturated rings. The molecule has 2 N–H and O–H groups in total. The van der Waals surface area contributed by atoms with E-state index in [1.54, 1.807) is 18.7 Å². The molecule has 2 heterocycles. The third-order valence-corrected chi connectivity index (χ3v) is 3.56. The molecule has 2 rings (SSSR count). The molecule has 0 saturated carbocycles. The van der Waals surface area contributed by atoms with Gasteiger partial charge in [-0.1, -0.05) is 11.8 Å². The number of anilines is 1. The Morgan fingerprint density at radius 2 is 2.33 bits per heavy atom. The highest BCUT2D eigenvalue weighted by Gasteiger charge is 2.18. The smallest absolute Gasteiger partial charge is 0.343 e. The number of rotatable bonds is 5. The summed E-state index contributed by atoms with van der Waals surface area (Å²) in [6.07, 6.45) is 1.37. The van der Waals surface area contributed by atoms with Gasteiger partial charge in [0.05, 0.1) is 11.9 Å². The maximum absolute atomic E-state index is 11.6. The van der Waals surface area contributed by atoms with Crippen molar-refractivity contribution in [3.63, 3.8) is 0 Å². The molecule has 0 amide bonds. The fraction of sp³-hybridized carbons (Fsp3) is 0.455. The summed E-state index contributed by atoms with van der Waals surface area (Å²) in [7, 11) is 1.76. The lowest BCUT2D eigenvalue weighted by atomic mass is 10.3. The maximum Gasteiger partial charge on any atom is 0.343 e. The predicted molar refractivity (Wildman–Crippen MR) is 75.5 cm³/mol. The highest BCUT2D eigenvalue weighted by molar-refractivity contribution is 7.99. The van der Waals surface area contributed by atoms with Gasteiger partial charge in [0.15, 0.2) is 11.0 Å². The molecule has 2 aromatic heterocycles. The molecule has 0 aliphatic rings.